The van der Waals surface area contributed by atoms with E-state index in [2.05, 4.69) is 0 Å². The van der Waals surface area contributed by atoms with E-state index in [1.807, 2.05) is 6.92 Å². The smallest absolute Gasteiger partial charge is 0.405 e. The van der Waals surface area contributed by atoms with E-state index in [0.717, 1.165) is 0 Å². The Labute approximate surface area is 140 Å². The largest absolute Gasteiger partial charge is 0.489 e. The van der Waals surface area contributed by atoms with Crippen molar-refractivity contribution < 1.29 is 22.7 Å². The topological polar surface area (TPSA) is 32.8 Å². The number of amides is 1. The number of nitrogens with zero attached hydrogens (tertiary/aromatic N) is 2. The van der Waals surface area contributed by atoms with Gasteiger partial charge in [-0.2, -0.15) is 13.2 Å². The van der Waals surface area contributed by atoms with E-state index < -0.39 is 12.7 Å². The summed E-state index contributed by atoms with van der Waals surface area (Å²) in [6.45, 7) is 4.62. The molecule has 4 nitrogen and oxygen atoms in total. The SMILES string of the molecule is CCC1COc2cc(N(C)C(=O)C(C)C)ccc2N1CC(F)(F)F. The van der Waals surface area contributed by atoms with Gasteiger partial charge in [0.05, 0.1) is 11.7 Å². The third kappa shape index (κ3) is 3.94. The van der Waals surface area contributed by atoms with Crippen LogP contribution in [0.2, 0.25) is 0 Å². The van der Waals surface area contributed by atoms with E-state index in [1.54, 1.807) is 39.1 Å². The average Bonchev–Trinajstić information content (AvgIpc) is 2.51. The third-order valence-corrected chi connectivity index (χ3v) is 4.16. The number of halogens is 3. The first kappa shape index (κ1) is 18.4. The molecule has 0 aliphatic carbocycles. The van der Waals surface area contributed by atoms with Crippen molar-refractivity contribution in [3.63, 3.8) is 0 Å². The Morgan fingerprint density at radius 1 is 1.42 bits per heavy atom. The minimum absolute atomic E-state index is 0.0654. The van der Waals surface area contributed by atoms with Crippen LogP contribution in [-0.2, 0) is 4.79 Å². The number of carbonyl (C=O) groups is 1. The van der Waals surface area contributed by atoms with E-state index in [0.29, 0.717) is 23.5 Å². The summed E-state index contributed by atoms with van der Waals surface area (Å²) >= 11 is 0. The maximum atomic E-state index is 12.9. The Hall–Kier alpha value is -1.92. The molecule has 134 valence electrons. The van der Waals surface area contributed by atoms with E-state index in [-0.39, 0.29) is 24.5 Å². The molecule has 1 aromatic rings. The molecule has 1 unspecified atom stereocenters. The zero-order valence-electron chi connectivity index (χ0n) is 14.4. The van der Waals surface area contributed by atoms with Gasteiger partial charge in [-0.25, -0.2) is 0 Å². The molecule has 0 saturated heterocycles. The first-order valence-electron chi connectivity index (χ1n) is 8.01. The second kappa shape index (κ2) is 6.91. The lowest BCUT2D eigenvalue weighted by molar-refractivity contribution is -0.122. The number of carbonyl (C=O) groups excluding carboxylic acids is 1. The first-order chi connectivity index (χ1) is 11.1. The normalized spacial score (nSPS) is 17.5. The van der Waals surface area contributed by atoms with Crippen LogP contribution in [0.4, 0.5) is 24.5 Å². The molecule has 0 N–H and O–H groups in total. The van der Waals surface area contributed by atoms with Gasteiger partial charge in [0, 0.05) is 24.7 Å². The van der Waals surface area contributed by atoms with Crippen molar-refractivity contribution in [3.8, 4) is 5.75 Å². The molecule has 1 aromatic carbocycles. The van der Waals surface area contributed by atoms with Crippen LogP contribution in [0.15, 0.2) is 18.2 Å². The number of rotatable bonds is 4. The molecule has 0 fully saturated rings. The quantitative estimate of drug-likeness (QED) is 0.832. The Kier molecular flexibility index (Phi) is 5.30. The predicted octanol–water partition coefficient (Wildman–Crippen LogP) is 3.85. The summed E-state index contributed by atoms with van der Waals surface area (Å²) < 4.78 is 44.4. The molecule has 0 aromatic heterocycles. The number of alkyl halides is 3. The Balaban J connectivity index is 2.34. The van der Waals surface area contributed by atoms with Crippen molar-refractivity contribution in [2.45, 2.75) is 39.4 Å². The number of fused-ring (bicyclic) bond motifs is 1. The molecule has 0 bridgehead atoms. The zero-order chi connectivity index (χ0) is 18.1. The van der Waals surface area contributed by atoms with E-state index >= 15 is 0 Å². The highest BCUT2D eigenvalue weighted by Crippen LogP contribution is 2.39. The van der Waals surface area contributed by atoms with Gasteiger partial charge in [0.15, 0.2) is 0 Å². The fourth-order valence-corrected chi connectivity index (χ4v) is 2.80. The predicted molar refractivity (Wildman–Crippen MR) is 87.7 cm³/mol. The van der Waals surface area contributed by atoms with Crippen LogP contribution in [0.25, 0.3) is 0 Å². The molecule has 24 heavy (non-hydrogen) atoms. The van der Waals surface area contributed by atoms with Gasteiger partial charge < -0.3 is 14.5 Å². The maximum absolute atomic E-state index is 12.9. The summed E-state index contributed by atoms with van der Waals surface area (Å²) in [4.78, 5) is 14.9. The highest BCUT2D eigenvalue weighted by molar-refractivity contribution is 5.94. The van der Waals surface area contributed by atoms with Crippen LogP contribution < -0.4 is 14.5 Å². The fourth-order valence-electron chi connectivity index (χ4n) is 2.80. The van der Waals surface area contributed by atoms with Gasteiger partial charge in [0.1, 0.15) is 18.9 Å². The molecule has 0 radical (unpaired) electrons. The van der Waals surface area contributed by atoms with Crippen molar-refractivity contribution in [2.24, 2.45) is 5.92 Å². The molecule has 7 heteroatoms. The number of ether oxygens (including phenoxy) is 1. The lowest BCUT2D eigenvalue weighted by Crippen LogP contribution is -2.47. The number of hydrogen-bond donors (Lipinski definition) is 0. The Morgan fingerprint density at radius 2 is 2.08 bits per heavy atom. The van der Waals surface area contributed by atoms with Crippen molar-refractivity contribution in [1.29, 1.82) is 0 Å². The van der Waals surface area contributed by atoms with Crippen LogP contribution in [0, 0.1) is 5.92 Å². The number of benzene rings is 1. The van der Waals surface area contributed by atoms with Crippen LogP contribution in [0.5, 0.6) is 5.75 Å². The van der Waals surface area contributed by atoms with Crippen LogP contribution >= 0.6 is 0 Å². The number of anilines is 2. The zero-order valence-corrected chi connectivity index (χ0v) is 14.4. The lowest BCUT2D eigenvalue weighted by atomic mass is 10.1. The van der Waals surface area contributed by atoms with Gasteiger partial charge in [0.2, 0.25) is 5.91 Å². The van der Waals surface area contributed by atoms with Crippen molar-refractivity contribution in [3.05, 3.63) is 18.2 Å². The Morgan fingerprint density at radius 3 is 2.62 bits per heavy atom. The van der Waals surface area contributed by atoms with Crippen LogP contribution in [-0.4, -0.2) is 38.3 Å². The van der Waals surface area contributed by atoms with Crippen molar-refractivity contribution in [2.75, 3.05) is 30.0 Å². The summed E-state index contributed by atoms with van der Waals surface area (Å²) in [5.41, 5.74) is 1.02. The van der Waals surface area contributed by atoms with E-state index in [4.69, 9.17) is 4.74 Å². The average molecular weight is 344 g/mol. The molecular weight excluding hydrogens is 321 g/mol. The molecule has 1 heterocycles. The minimum Gasteiger partial charge on any atom is -0.489 e. The molecule has 1 amide bonds. The Bertz CT molecular complexity index is 602. The molecule has 1 atom stereocenters. The summed E-state index contributed by atoms with van der Waals surface area (Å²) in [5.74, 6) is 0.146. The molecule has 0 spiro atoms. The summed E-state index contributed by atoms with van der Waals surface area (Å²) in [6.07, 6.45) is -3.73. The fraction of sp³-hybridized carbons (Fsp3) is 0.588. The molecule has 0 saturated carbocycles. The van der Waals surface area contributed by atoms with E-state index in [1.165, 1.54) is 9.80 Å². The minimum atomic E-state index is -4.29. The standard InChI is InChI=1S/C17H23F3N2O2/c1-5-12-9-24-15-8-13(21(4)16(23)11(2)3)6-7-14(15)22(12)10-17(18,19)20/h6-8,11-12H,5,9-10H2,1-4H3. The molecular formula is C17H23F3N2O2. The summed E-state index contributed by atoms with van der Waals surface area (Å²) in [5, 5.41) is 0. The highest BCUT2D eigenvalue weighted by atomic mass is 19.4. The maximum Gasteiger partial charge on any atom is 0.405 e. The highest BCUT2D eigenvalue weighted by Gasteiger charge is 2.37. The van der Waals surface area contributed by atoms with Gasteiger partial charge in [-0.1, -0.05) is 20.8 Å². The third-order valence-electron chi connectivity index (χ3n) is 4.16. The summed E-state index contributed by atoms with van der Waals surface area (Å²) in [7, 11) is 1.65. The van der Waals surface area contributed by atoms with Crippen LogP contribution in [0.1, 0.15) is 27.2 Å². The lowest BCUT2D eigenvalue weighted by Gasteiger charge is -2.39. The monoisotopic (exact) mass is 344 g/mol. The van der Waals surface area contributed by atoms with Crippen molar-refractivity contribution >= 4 is 17.3 Å². The summed E-state index contributed by atoms with van der Waals surface area (Å²) in [6, 6.07) is 4.57. The second-order valence-electron chi connectivity index (χ2n) is 6.32. The molecule has 2 rings (SSSR count). The second-order valence-corrected chi connectivity index (χ2v) is 6.32. The van der Waals surface area contributed by atoms with Gasteiger partial charge in [-0.05, 0) is 18.6 Å². The van der Waals surface area contributed by atoms with Gasteiger partial charge in [0.25, 0.3) is 0 Å². The molecule has 1 aliphatic heterocycles. The van der Waals surface area contributed by atoms with Crippen molar-refractivity contribution in [1.82, 2.24) is 0 Å². The van der Waals surface area contributed by atoms with Crippen LogP contribution in [0.3, 0.4) is 0 Å². The van der Waals surface area contributed by atoms with Gasteiger partial charge in [-0.15, -0.1) is 0 Å². The first-order valence-corrected chi connectivity index (χ1v) is 8.01. The van der Waals surface area contributed by atoms with E-state index in [9.17, 15) is 18.0 Å². The number of hydrogen-bond acceptors (Lipinski definition) is 3. The van der Waals surface area contributed by atoms with Gasteiger partial charge >= 0.3 is 6.18 Å². The van der Waals surface area contributed by atoms with Gasteiger partial charge in [-0.3, -0.25) is 4.79 Å². The molecule has 1 aliphatic rings.